The Morgan fingerprint density at radius 1 is 1.10 bits per heavy atom. The molecular formula is C15H27N3O3. The van der Waals surface area contributed by atoms with Crippen LogP contribution in [0.25, 0.3) is 0 Å². The number of ether oxygens (including phenoxy) is 1. The van der Waals surface area contributed by atoms with Gasteiger partial charge in [-0.05, 0) is 45.4 Å². The van der Waals surface area contributed by atoms with Crippen LogP contribution in [0, 0.1) is 5.92 Å². The van der Waals surface area contributed by atoms with Gasteiger partial charge in [-0.1, -0.05) is 0 Å². The normalized spacial score (nSPS) is 27.4. The van der Waals surface area contributed by atoms with Gasteiger partial charge in [-0.15, -0.1) is 0 Å². The van der Waals surface area contributed by atoms with E-state index in [0.717, 1.165) is 51.6 Å². The van der Waals surface area contributed by atoms with Crippen molar-refractivity contribution in [2.75, 3.05) is 19.7 Å². The van der Waals surface area contributed by atoms with E-state index < -0.39 is 0 Å². The lowest BCUT2D eigenvalue weighted by Crippen LogP contribution is -2.49. The molecule has 120 valence electrons. The van der Waals surface area contributed by atoms with E-state index in [1.54, 1.807) is 4.90 Å². The van der Waals surface area contributed by atoms with Crippen molar-refractivity contribution in [1.82, 2.24) is 10.2 Å². The molecule has 1 aliphatic carbocycles. The highest BCUT2D eigenvalue weighted by atomic mass is 16.6. The largest absolute Gasteiger partial charge is 0.450 e. The van der Waals surface area contributed by atoms with E-state index in [2.05, 4.69) is 5.32 Å². The van der Waals surface area contributed by atoms with Gasteiger partial charge in [0.2, 0.25) is 5.91 Å². The van der Waals surface area contributed by atoms with E-state index >= 15 is 0 Å². The number of nitrogens with one attached hydrogen (secondary N) is 1. The Hall–Kier alpha value is -1.30. The minimum atomic E-state index is -0.196. The maximum Gasteiger partial charge on any atom is 0.409 e. The van der Waals surface area contributed by atoms with Crippen LogP contribution in [-0.2, 0) is 9.53 Å². The first-order chi connectivity index (χ1) is 10.1. The maximum atomic E-state index is 11.6. The van der Waals surface area contributed by atoms with Gasteiger partial charge in [0.1, 0.15) is 0 Å². The third-order valence-electron chi connectivity index (χ3n) is 4.62. The van der Waals surface area contributed by atoms with Crippen LogP contribution in [-0.4, -0.2) is 48.7 Å². The number of rotatable bonds is 4. The summed E-state index contributed by atoms with van der Waals surface area (Å²) in [7, 11) is 0. The zero-order chi connectivity index (χ0) is 15.2. The topological polar surface area (TPSA) is 84.7 Å². The van der Waals surface area contributed by atoms with Gasteiger partial charge in [-0.3, -0.25) is 4.79 Å². The van der Waals surface area contributed by atoms with Crippen LogP contribution in [0.2, 0.25) is 0 Å². The summed E-state index contributed by atoms with van der Waals surface area (Å²) in [6.07, 6.45) is 5.57. The number of amides is 2. The molecule has 6 nitrogen and oxygen atoms in total. The van der Waals surface area contributed by atoms with Crippen LogP contribution >= 0.6 is 0 Å². The van der Waals surface area contributed by atoms with Crippen LogP contribution in [0.4, 0.5) is 4.79 Å². The standard InChI is InChI=1S/C15H27N3O3/c1-2-21-15(20)18-9-7-13(8-10-18)17-12-5-3-11(4-6-12)14(16)19/h11-13,17H,2-10H2,1H3,(H2,16,19). The van der Waals surface area contributed by atoms with Crippen molar-refractivity contribution in [3.63, 3.8) is 0 Å². The van der Waals surface area contributed by atoms with Crippen molar-refractivity contribution in [1.29, 1.82) is 0 Å². The van der Waals surface area contributed by atoms with Crippen molar-refractivity contribution in [2.45, 2.75) is 57.5 Å². The quantitative estimate of drug-likeness (QED) is 0.817. The molecule has 1 aliphatic heterocycles. The first-order valence-corrected chi connectivity index (χ1v) is 8.07. The average molecular weight is 297 g/mol. The fourth-order valence-electron chi connectivity index (χ4n) is 3.32. The van der Waals surface area contributed by atoms with Crippen LogP contribution in [0.3, 0.4) is 0 Å². The van der Waals surface area contributed by atoms with E-state index in [4.69, 9.17) is 10.5 Å². The van der Waals surface area contributed by atoms with Crippen LogP contribution < -0.4 is 11.1 Å². The Kier molecular flexibility index (Phi) is 5.85. The summed E-state index contributed by atoms with van der Waals surface area (Å²) < 4.78 is 5.02. The molecule has 21 heavy (non-hydrogen) atoms. The molecule has 3 N–H and O–H groups in total. The van der Waals surface area contributed by atoms with Crippen molar-refractivity contribution < 1.29 is 14.3 Å². The molecule has 0 spiro atoms. The van der Waals surface area contributed by atoms with E-state index in [9.17, 15) is 9.59 Å². The number of carbonyl (C=O) groups is 2. The molecule has 0 unspecified atom stereocenters. The molecule has 2 amide bonds. The maximum absolute atomic E-state index is 11.6. The smallest absolute Gasteiger partial charge is 0.409 e. The molecule has 1 saturated heterocycles. The third-order valence-corrected chi connectivity index (χ3v) is 4.62. The molecular weight excluding hydrogens is 270 g/mol. The van der Waals surface area contributed by atoms with Crippen LogP contribution in [0.1, 0.15) is 45.4 Å². The number of hydrogen-bond donors (Lipinski definition) is 2. The van der Waals surface area contributed by atoms with Gasteiger partial charge in [0.25, 0.3) is 0 Å². The summed E-state index contributed by atoms with van der Waals surface area (Å²) in [5.74, 6) is -0.0927. The van der Waals surface area contributed by atoms with Crippen LogP contribution in [0.5, 0.6) is 0 Å². The molecule has 0 aromatic carbocycles. The summed E-state index contributed by atoms with van der Waals surface area (Å²) >= 11 is 0. The van der Waals surface area contributed by atoms with Gasteiger partial charge in [-0.25, -0.2) is 4.79 Å². The molecule has 0 atom stereocenters. The Morgan fingerprint density at radius 2 is 1.67 bits per heavy atom. The zero-order valence-corrected chi connectivity index (χ0v) is 12.8. The SMILES string of the molecule is CCOC(=O)N1CCC(NC2CCC(C(N)=O)CC2)CC1. The van der Waals surface area contributed by atoms with Gasteiger partial charge < -0.3 is 20.7 Å². The van der Waals surface area contributed by atoms with Gasteiger partial charge in [0.15, 0.2) is 0 Å². The summed E-state index contributed by atoms with van der Waals surface area (Å²) in [6, 6.07) is 0.950. The van der Waals surface area contributed by atoms with Gasteiger partial charge >= 0.3 is 6.09 Å². The van der Waals surface area contributed by atoms with Crippen molar-refractivity contribution in [3.05, 3.63) is 0 Å². The van der Waals surface area contributed by atoms with Gasteiger partial charge in [-0.2, -0.15) is 0 Å². The Morgan fingerprint density at radius 3 is 2.19 bits per heavy atom. The van der Waals surface area contributed by atoms with E-state index in [1.807, 2.05) is 6.92 Å². The fraction of sp³-hybridized carbons (Fsp3) is 0.867. The van der Waals surface area contributed by atoms with Crippen molar-refractivity contribution >= 4 is 12.0 Å². The summed E-state index contributed by atoms with van der Waals surface area (Å²) in [4.78, 5) is 24.6. The van der Waals surface area contributed by atoms with E-state index in [0.29, 0.717) is 18.7 Å². The molecule has 2 fully saturated rings. The molecule has 0 radical (unpaired) electrons. The lowest BCUT2D eigenvalue weighted by Gasteiger charge is -2.36. The average Bonchev–Trinajstić information content (AvgIpc) is 2.49. The minimum absolute atomic E-state index is 0.0636. The van der Waals surface area contributed by atoms with Crippen molar-refractivity contribution in [2.24, 2.45) is 11.7 Å². The number of nitrogens with zero attached hydrogens (tertiary/aromatic N) is 1. The van der Waals surface area contributed by atoms with E-state index in [1.165, 1.54) is 0 Å². The first-order valence-electron chi connectivity index (χ1n) is 8.07. The molecule has 0 aromatic heterocycles. The first kappa shape index (κ1) is 16.1. The monoisotopic (exact) mass is 297 g/mol. The number of piperidine rings is 1. The third kappa shape index (κ3) is 4.59. The lowest BCUT2D eigenvalue weighted by molar-refractivity contribution is -0.122. The van der Waals surface area contributed by atoms with Crippen molar-refractivity contribution in [3.8, 4) is 0 Å². The molecule has 6 heteroatoms. The molecule has 2 rings (SSSR count). The predicted octanol–water partition coefficient (Wildman–Crippen LogP) is 1.24. The van der Waals surface area contributed by atoms with E-state index in [-0.39, 0.29) is 17.9 Å². The second-order valence-electron chi connectivity index (χ2n) is 6.08. The second kappa shape index (κ2) is 7.64. The highest BCUT2D eigenvalue weighted by molar-refractivity contribution is 5.76. The Labute approximate surface area is 126 Å². The second-order valence-corrected chi connectivity index (χ2v) is 6.08. The Bertz CT molecular complexity index is 359. The number of primary amides is 1. The number of nitrogens with two attached hydrogens (primary N) is 1. The number of carbonyl (C=O) groups excluding carboxylic acids is 2. The summed E-state index contributed by atoms with van der Waals surface area (Å²) in [5, 5.41) is 3.68. The molecule has 2 aliphatic rings. The van der Waals surface area contributed by atoms with Gasteiger partial charge in [0.05, 0.1) is 6.61 Å². The number of likely N-dealkylation sites (tertiary alicyclic amines) is 1. The summed E-state index contributed by atoms with van der Waals surface area (Å²) in [5.41, 5.74) is 5.36. The highest BCUT2D eigenvalue weighted by Gasteiger charge is 2.28. The predicted molar refractivity (Wildman–Crippen MR) is 79.7 cm³/mol. The Balaban J connectivity index is 1.67. The molecule has 0 bridgehead atoms. The molecule has 1 heterocycles. The fourth-order valence-corrected chi connectivity index (χ4v) is 3.32. The lowest BCUT2D eigenvalue weighted by atomic mass is 9.85. The molecule has 1 saturated carbocycles. The minimum Gasteiger partial charge on any atom is -0.450 e. The van der Waals surface area contributed by atoms with Gasteiger partial charge in [0, 0.05) is 31.1 Å². The molecule has 0 aromatic rings. The zero-order valence-electron chi connectivity index (χ0n) is 12.8. The number of hydrogen-bond acceptors (Lipinski definition) is 4. The summed E-state index contributed by atoms with van der Waals surface area (Å²) in [6.45, 7) is 3.77. The van der Waals surface area contributed by atoms with Crippen LogP contribution in [0.15, 0.2) is 0 Å². The highest BCUT2D eigenvalue weighted by Crippen LogP contribution is 2.25.